The van der Waals surface area contributed by atoms with Gasteiger partial charge in [0, 0.05) is 19.1 Å². The number of nitrogens with two attached hydrogens (primary N) is 1. The van der Waals surface area contributed by atoms with Gasteiger partial charge in [-0.25, -0.2) is 0 Å². The highest BCUT2D eigenvalue weighted by molar-refractivity contribution is 4.94. The highest BCUT2D eigenvalue weighted by atomic mass is 14.9. The summed E-state index contributed by atoms with van der Waals surface area (Å²) < 4.78 is 0. The molecule has 0 heterocycles. The molecule has 4 nitrogen and oxygen atoms in total. The maximum atomic E-state index is 6.21. The average molecular weight is 228 g/mol. The summed E-state index contributed by atoms with van der Waals surface area (Å²) in [4.78, 5) is 0. The first-order valence-corrected chi connectivity index (χ1v) is 6.35. The largest absolute Gasteiger partial charge is 0.328 e. The van der Waals surface area contributed by atoms with Crippen LogP contribution in [0.3, 0.4) is 0 Å². The van der Waals surface area contributed by atoms with Gasteiger partial charge in [0.2, 0.25) is 0 Å². The zero-order valence-corrected chi connectivity index (χ0v) is 11.0. The van der Waals surface area contributed by atoms with Crippen molar-refractivity contribution in [3.05, 3.63) is 0 Å². The second-order valence-corrected chi connectivity index (χ2v) is 5.39. The first kappa shape index (κ1) is 13.9. The Balaban J connectivity index is 2.65. The van der Waals surface area contributed by atoms with Gasteiger partial charge in [-0.05, 0) is 58.3 Å². The van der Waals surface area contributed by atoms with E-state index in [1.54, 1.807) is 0 Å². The fourth-order valence-electron chi connectivity index (χ4n) is 3.39. The standard InChI is InChI=1S/C12H28N4/c1-14-7-10-4-11(13)6-12(5-10,8-15-2)9-16-3/h10-11,14-16H,4-9,13H2,1-3H3. The molecule has 16 heavy (non-hydrogen) atoms. The monoisotopic (exact) mass is 228 g/mol. The van der Waals surface area contributed by atoms with Crippen LogP contribution in [0.5, 0.6) is 0 Å². The van der Waals surface area contributed by atoms with E-state index in [0.717, 1.165) is 38.4 Å². The average Bonchev–Trinajstić information content (AvgIpc) is 2.17. The fraction of sp³-hybridized carbons (Fsp3) is 1.00. The third-order valence-corrected chi connectivity index (χ3v) is 3.65. The van der Waals surface area contributed by atoms with Crippen LogP contribution in [-0.2, 0) is 0 Å². The summed E-state index contributed by atoms with van der Waals surface area (Å²) in [5, 5.41) is 9.94. The highest BCUT2D eigenvalue weighted by Gasteiger charge is 2.38. The minimum Gasteiger partial charge on any atom is -0.328 e. The molecular formula is C12H28N4. The molecular weight excluding hydrogens is 200 g/mol. The second-order valence-electron chi connectivity index (χ2n) is 5.39. The lowest BCUT2D eigenvalue weighted by molar-refractivity contribution is 0.120. The van der Waals surface area contributed by atoms with Crippen molar-refractivity contribution in [1.82, 2.24) is 16.0 Å². The zero-order chi connectivity index (χ0) is 12.0. The predicted molar refractivity (Wildman–Crippen MR) is 69.5 cm³/mol. The van der Waals surface area contributed by atoms with Crippen molar-refractivity contribution in [2.75, 3.05) is 40.8 Å². The Hall–Kier alpha value is -0.160. The first-order chi connectivity index (χ1) is 7.65. The molecule has 0 aromatic rings. The maximum Gasteiger partial charge on any atom is 0.00481 e. The third-order valence-electron chi connectivity index (χ3n) is 3.65. The van der Waals surface area contributed by atoms with Crippen molar-refractivity contribution in [1.29, 1.82) is 0 Å². The Labute approximate surface area is 99.7 Å². The van der Waals surface area contributed by atoms with Crippen LogP contribution in [0.15, 0.2) is 0 Å². The molecule has 1 saturated carbocycles. The van der Waals surface area contributed by atoms with Crippen LogP contribution in [0, 0.1) is 11.3 Å². The molecule has 0 aromatic carbocycles. The van der Waals surface area contributed by atoms with E-state index in [1.165, 1.54) is 6.42 Å². The van der Waals surface area contributed by atoms with Gasteiger partial charge in [-0.1, -0.05) is 0 Å². The molecule has 96 valence electrons. The molecule has 0 bridgehead atoms. The molecule has 1 fully saturated rings. The Kier molecular flexibility index (Phi) is 5.69. The second kappa shape index (κ2) is 6.55. The summed E-state index contributed by atoms with van der Waals surface area (Å²) in [7, 11) is 6.09. The van der Waals surface area contributed by atoms with E-state index < -0.39 is 0 Å². The summed E-state index contributed by atoms with van der Waals surface area (Å²) in [6.45, 7) is 3.20. The molecule has 2 unspecified atom stereocenters. The Morgan fingerprint density at radius 3 is 2.19 bits per heavy atom. The number of rotatable bonds is 6. The smallest absolute Gasteiger partial charge is 0.00481 e. The lowest BCUT2D eigenvalue weighted by Gasteiger charge is -2.43. The minimum absolute atomic E-state index is 0.336. The highest BCUT2D eigenvalue weighted by Crippen LogP contribution is 2.37. The summed E-state index contributed by atoms with van der Waals surface area (Å²) in [5.74, 6) is 0.718. The van der Waals surface area contributed by atoms with Crippen molar-refractivity contribution in [2.24, 2.45) is 17.1 Å². The molecule has 0 aromatic heterocycles. The van der Waals surface area contributed by atoms with Gasteiger partial charge in [-0.3, -0.25) is 0 Å². The quantitative estimate of drug-likeness (QED) is 0.507. The van der Waals surface area contributed by atoms with Gasteiger partial charge in [0.15, 0.2) is 0 Å². The summed E-state index contributed by atoms with van der Waals surface area (Å²) >= 11 is 0. The van der Waals surface area contributed by atoms with Crippen LogP contribution < -0.4 is 21.7 Å². The molecule has 2 atom stereocenters. The van der Waals surface area contributed by atoms with E-state index in [-0.39, 0.29) is 0 Å². The van der Waals surface area contributed by atoms with Crippen LogP contribution >= 0.6 is 0 Å². The number of nitrogens with one attached hydrogen (secondary N) is 3. The van der Waals surface area contributed by atoms with Crippen LogP contribution in [0.1, 0.15) is 19.3 Å². The van der Waals surface area contributed by atoms with E-state index in [0.29, 0.717) is 11.5 Å². The SMILES string of the molecule is CNCC1CC(N)CC(CNC)(CNC)C1. The lowest BCUT2D eigenvalue weighted by atomic mass is 9.67. The number of hydrogen-bond donors (Lipinski definition) is 4. The van der Waals surface area contributed by atoms with Gasteiger partial charge in [0.25, 0.3) is 0 Å². The van der Waals surface area contributed by atoms with Crippen molar-refractivity contribution in [3.8, 4) is 0 Å². The van der Waals surface area contributed by atoms with E-state index in [9.17, 15) is 0 Å². The Morgan fingerprint density at radius 2 is 1.69 bits per heavy atom. The Morgan fingerprint density at radius 1 is 1.06 bits per heavy atom. The molecule has 1 rings (SSSR count). The van der Waals surface area contributed by atoms with Gasteiger partial charge in [0.05, 0.1) is 0 Å². The topological polar surface area (TPSA) is 62.1 Å². The van der Waals surface area contributed by atoms with E-state index in [1.807, 2.05) is 21.1 Å². The van der Waals surface area contributed by atoms with Gasteiger partial charge >= 0.3 is 0 Å². The van der Waals surface area contributed by atoms with Crippen molar-refractivity contribution >= 4 is 0 Å². The van der Waals surface area contributed by atoms with Crippen molar-refractivity contribution < 1.29 is 0 Å². The molecule has 5 N–H and O–H groups in total. The van der Waals surface area contributed by atoms with Gasteiger partial charge < -0.3 is 21.7 Å². The van der Waals surface area contributed by atoms with Gasteiger partial charge in [0.1, 0.15) is 0 Å². The first-order valence-electron chi connectivity index (χ1n) is 6.35. The van der Waals surface area contributed by atoms with Gasteiger partial charge in [-0.2, -0.15) is 0 Å². The summed E-state index contributed by atoms with van der Waals surface area (Å²) in [6, 6.07) is 0.355. The maximum absolute atomic E-state index is 6.21. The van der Waals surface area contributed by atoms with Crippen molar-refractivity contribution in [3.63, 3.8) is 0 Å². The summed E-state index contributed by atoms with van der Waals surface area (Å²) in [6.07, 6.45) is 3.56. The molecule has 4 heteroatoms. The predicted octanol–water partition coefficient (Wildman–Crippen LogP) is -0.242. The Bertz CT molecular complexity index is 189. The molecule has 0 aliphatic heterocycles. The molecule has 1 aliphatic carbocycles. The normalized spacial score (nSPS) is 29.2. The van der Waals surface area contributed by atoms with Crippen LogP contribution in [-0.4, -0.2) is 46.8 Å². The molecule has 0 radical (unpaired) electrons. The fourth-order valence-corrected chi connectivity index (χ4v) is 3.39. The van der Waals surface area contributed by atoms with E-state index in [2.05, 4.69) is 16.0 Å². The molecule has 0 spiro atoms. The molecule has 0 saturated heterocycles. The van der Waals surface area contributed by atoms with Crippen LogP contribution in [0.2, 0.25) is 0 Å². The van der Waals surface area contributed by atoms with E-state index >= 15 is 0 Å². The number of hydrogen-bond acceptors (Lipinski definition) is 4. The lowest BCUT2D eigenvalue weighted by Crippen LogP contribution is -2.50. The molecule has 1 aliphatic rings. The van der Waals surface area contributed by atoms with Crippen molar-refractivity contribution in [2.45, 2.75) is 25.3 Å². The van der Waals surface area contributed by atoms with E-state index in [4.69, 9.17) is 5.73 Å². The molecule has 0 amide bonds. The minimum atomic E-state index is 0.336. The van der Waals surface area contributed by atoms with Gasteiger partial charge in [-0.15, -0.1) is 0 Å². The summed E-state index contributed by atoms with van der Waals surface area (Å²) in [5.41, 5.74) is 6.54. The van der Waals surface area contributed by atoms with Crippen LogP contribution in [0.4, 0.5) is 0 Å². The zero-order valence-electron chi connectivity index (χ0n) is 11.0. The third kappa shape index (κ3) is 3.70. The van der Waals surface area contributed by atoms with Crippen LogP contribution in [0.25, 0.3) is 0 Å².